The minimum atomic E-state index is -0.880. The van der Waals surface area contributed by atoms with Crippen molar-refractivity contribution in [3.8, 4) is 28.1 Å². The lowest BCUT2D eigenvalue weighted by molar-refractivity contribution is -0.136. The van der Waals surface area contributed by atoms with E-state index >= 15 is 0 Å². The Morgan fingerprint density at radius 1 is 1.00 bits per heavy atom. The van der Waals surface area contributed by atoms with Crippen molar-refractivity contribution < 1.29 is 24.1 Å². The number of hydrogen-bond donors (Lipinski definition) is 1. The molecule has 0 atom stereocenters. The fourth-order valence-electron chi connectivity index (χ4n) is 6.25. The number of carboxylic acids is 1. The van der Waals surface area contributed by atoms with Crippen molar-refractivity contribution in [2.75, 3.05) is 44.4 Å². The molecule has 8 nitrogen and oxygen atoms in total. The molecule has 1 N–H and O–H groups in total. The van der Waals surface area contributed by atoms with E-state index < -0.39 is 5.97 Å². The van der Waals surface area contributed by atoms with Crippen LogP contribution in [0.4, 0.5) is 5.82 Å². The van der Waals surface area contributed by atoms with Gasteiger partial charge in [-0.25, -0.2) is 4.98 Å². The van der Waals surface area contributed by atoms with Crippen molar-refractivity contribution >= 4 is 29.0 Å². The van der Waals surface area contributed by atoms with Gasteiger partial charge in [-0.15, -0.1) is 0 Å². The molecule has 5 heterocycles. The molecule has 0 aliphatic carbocycles. The molecule has 1 fully saturated rings. The summed E-state index contributed by atoms with van der Waals surface area (Å²) in [6.45, 7) is 11.4. The second-order valence-electron chi connectivity index (χ2n) is 11.9. The van der Waals surface area contributed by atoms with Crippen LogP contribution in [0.15, 0.2) is 42.5 Å². The van der Waals surface area contributed by atoms with Crippen molar-refractivity contribution in [2.45, 2.75) is 52.6 Å². The minimum absolute atomic E-state index is 0.102. The molecule has 0 unspecified atom stereocenters. The number of carboxylic acid groups (broad SMARTS) is 1. The molecule has 0 radical (unpaired) electrons. The summed E-state index contributed by atoms with van der Waals surface area (Å²) in [5, 5.41) is 10.4. The number of imidazole rings is 1. The summed E-state index contributed by atoms with van der Waals surface area (Å²) >= 11 is 7.25. The van der Waals surface area contributed by atoms with E-state index in [1.165, 1.54) is 0 Å². The first kappa shape index (κ1) is 29.5. The largest absolute Gasteiger partial charge is 0.491 e. The van der Waals surface area contributed by atoms with Gasteiger partial charge in [0.05, 0.1) is 31.8 Å². The first-order valence-corrected chi connectivity index (χ1v) is 15.3. The Morgan fingerprint density at radius 2 is 1.74 bits per heavy atom. The first-order valence-electron chi connectivity index (χ1n) is 14.9. The second kappa shape index (κ2) is 11.8. The highest BCUT2D eigenvalue weighted by Crippen LogP contribution is 2.41. The van der Waals surface area contributed by atoms with Crippen molar-refractivity contribution in [3.63, 3.8) is 0 Å². The lowest BCUT2D eigenvalue weighted by Crippen LogP contribution is -2.45. The molecule has 0 saturated carbocycles. The van der Waals surface area contributed by atoms with Crippen LogP contribution in [-0.4, -0.2) is 65.6 Å². The standard InChI is InChI=1S/C34H38ClN3O5/c1-21-8-9-28-27(18-21)24-6-5-7-25(19-24)30-31(35)38-32(36-30)23(3)22(2)26(20-29(39)40)33(38)37-12-10-34(4,11-13-37)43-17-15-41-14-16-42-28/h5-9,18-19H,10-17,20H2,1-4H3,(H,39,40). The van der Waals surface area contributed by atoms with Crippen molar-refractivity contribution in [2.24, 2.45) is 0 Å². The average Bonchev–Trinajstić information content (AvgIpc) is 3.33. The van der Waals surface area contributed by atoms with Crippen LogP contribution in [0.2, 0.25) is 5.15 Å². The molecule has 0 spiro atoms. The second-order valence-corrected chi connectivity index (χ2v) is 12.2. The highest BCUT2D eigenvalue weighted by Gasteiger charge is 2.34. The summed E-state index contributed by atoms with van der Waals surface area (Å²) in [5.41, 5.74) is 7.66. The maximum absolute atomic E-state index is 12.1. The molecule has 9 heteroatoms. The lowest BCUT2D eigenvalue weighted by Gasteiger charge is -2.41. The van der Waals surface area contributed by atoms with Crippen LogP contribution >= 0.6 is 11.6 Å². The zero-order valence-corrected chi connectivity index (χ0v) is 26.0. The number of anilines is 1. The number of fused-ring (bicyclic) bond motifs is 8. The van der Waals surface area contributed by atoms with Gasteiger partial charge in [-0.2, -0.15) is 0 Å². The number of pyridine rings is 1. The van der Waals surface area contributed by atoms with Crippen molar-refractivity contribution in [1.82, 2.24) is 9.38 Å². The Bertz CT molecular complexity index is 1690. The Kier molecular flexibility index (Phi) is 8.11. The molecule has 43 heavy (non-hydrogen) atoms. The fourth-order valence-corrected chi connectivity index (χ4v) is 6.56. The highest BCUT2D eigenvalue weighted by atomic mass is 35.5. The molecular weight excluding hydrogens is 566 g/mol. The number of aliphatic carboxylic acids is 1. The molecular formula is C34H38ClN3O5. The number of piperidine rings is 1. The van der Waals surface area contributed by atoms with Gasteiger partial charge >= 0.3 is 5.97 Å². The van der Waals surface area contributed by atoms with Gasteiger partial charge in [0.1, 0.15) is 34.7 Å². The molecule has 4 aromatic rings. The third-order valence-electron chi connectivity index (χ3n) is 8.85. The Morgan fingerprint density at radius 3 is 2.51 bits per heavy atom. The maximum atomic E-state index is 12.1. The first-order chi connectivity index (χ1) is 20.6. The number of carbonyl (C=O) groups is 1. The number of benzene rings is 2. The lowest BCUT2D eigenvalue weighted by atomic mass is 9.92. The monoisotopic (exact) mass is 603 g/mol. The van der Waals surface area contributed by atoms with E-state index in [4.69, 9.17) is 30.8 Å². The van der Waals surface area contributed by atoms with E-state index in [2.05, 4.69) is 36.9 Å². The van der Waals surface area contributed by atoms with Gasteiger partial charge in [0.2, 0.25) is 0 Å². The van der Waals surface area contributed by atoms with Crippen LogP contribution in [-0.2, 0) is 20.7 Å². The van der Waals surface area contributed by atoms with E-state index in [9.17, 15) is 9.90 Å². The van der Waals surface area contributed by atoms with Crippen LogP contribution in [0, 0.1) is 20.8 Å². The number of halogens is 1. The van der Waals surface area contributed by atoms with Gasteiger partial charge in [0.15, 0.2) is 0 Å². The van der Waals surface area contributed by atoms with Gasteiger partial charge in [0.25, 0.3) is 0 Å². The maximum Gasteiger partial charge on any atom is 0.307 e. The molecule has 2 aromatic carbocycles. The third-order valence-corrected chi connectivity index (χ3v) is 9.20. The Labute approximate surface area is 257 Å². The number of rotatable bonds is 2. The number of aryl methyl sites for hydroxylation is 2. The van der Waals surface area contributed by atoms with Crippen molar-refractivity contribution in [1.29, 1.82) is 0 Å². The molecule has 3 aliphatic heterocycles. The van der Waals surface area contributed by atoms with Gasteiger partial charge in [-0.1, -0.05) is 41.4 Å². The molecule has 0 amide bonds. The summed E-state index contributed by atoms with van der Waals surface area (Å²) < 4.78 is 20.3. The van der Waals surface area contributed by atoms with Gasteiger partial charge in [0, 0.05) is 29.8 Å². The fraction of sp³-hybridized carbons (Fsp3) is 0.412. The van der Waals surface area contributed by atoms with Crippen LogP contribution in [0.25, 0.3) is 28.0 Å². The van der Waals surface area contributed by atoms with Crippen LogP contribution in [0.1, 0.15) is 42.0 Å². The average molecular weight is 604 g/mol. The zero-order valence-electron chi connectivity index (χ0n) is 25.2. The van der Waals surface area contributed by atoms with E-state index in [0.29, 0.717) is 50.4 Å². The summed E-state index contributed by atoms with van der Waals surface area (Å²) in [5.74, 6) is 0.701. The number of hydrogen-bond acceptors (Lipinski definition) is 6. The topological polar surface area (TPSA) is 85.5 Å². The predicted molar refractivity (Wildman–Crippen MR) is 169 cm³/mol. The highest BCUT2D eigenvalue weighted by molar-refractivity contribution is 6.32. The predicted octanol–water partition coefficient (Wildman–Crippen LogP) is 6.66. The van der Waals surface area contributed by atoms with E-state index in [-0.39, 0.29) is 12.0 Å². The number of ether oxygens (including phenoxy) is 3. The van der Waals surface area contributed by atoms with E-state index in [1.807, 2.05) is 42.5 Å². The molecule has 6 bridgehead atoms. The number of nitrogens with zero attached hydrogens (tertiary/aromatic N) is 3. The summed E-state index contributed by atoms with van der Waals surface area (Å²) in [6, 6.07) is 14.3. The molecule has 3 aliphatic rings. The quantitative estimate of drug-likeness (QED) is 0.257. The SMILES string of the molecule is Cc1ccc2c(c1)-c1cccc(c1)-c1nc3c(C)c(C)c(CC(=O)O)c(n3c1Cl)N1CCC(C)(CC1)OCCOCCO2. The normalized spacial score (nSPS) is 17.1. The Hall–Kier alpha value is -3.59. The van der Waals surface area contributed by atoms with Gasteiger partial charge < -0.3 is 24.2 Å². The minimum Gasteiger partial charge on any atom is -0.491 e. The summed E-state index contributed by atoms with van der Waals surface area (Å²) in [7, 11) is 0. The summed E-state index contributed by atoms with van der Waals surface area (Å²) in [6.07, 6.45) is 1.47. The molecule has 7 rings (SSSR count). The van der Waals surface area contributed by atoms with Crippen LogP contribution in [0.3, 0.4) is 0 Å². The molecule has 2 aromatic heterocycles. The van der Waals surface area contributed by atoms with E-state index in [0.717, 1.165) is 69.0 Å². The zero-order chi connectivity index (χ0) is 30.3. The smallest absolute Gasteiger partial charge is 0.307 e. The van der Waals surface area contributed by atoms with Crippen LogP contribution in [0.5, 0.6) is 5.75 Å². The van der Waals surface area contributed by atoms with Crippen molar-refractivity contribution in [3.05, 3.63) is 69.9 Å². The molecule has 1 saturated heterocycles. The molecule has 226 valence electrons. The number of aromatic nitrogens is 2. The third kappa shape index (κ3) is 5.71. The van der Waals surface area contributed by atoms with Crippen LogP contribution < -0.4 is 9.64 Å². The summed E-state index contributed by atoms with van der Waals surface area (Å²) in [4.78, 5) is 19.4. The van der Waals surface area contributed by atoms with E-state index in [1.54, 1.807) is 0 Å². The van der Waals surface area contributed by atoms with Gasteiger partial charge in [-0.3, -0.25) is 9.20 Å². The van der Waals surface area contributed by atoms with Gasteiger partial charge in [-0.05, 0) is 75.4 Å². The Balaban J connectivity index is 1.55.